The number of benzene rings is 2. The number of amides is 1. The van der Waals surface area contributed by atoms with Gasteiger partial charge in [-0.05, 0) is 37.1 Å². The van der Waals surface area contributed by atoms with Crippen molar-refractivity contribution in [1.82, 2.24) is 4.31 Å². The van der Waals surface area contributed by atoms with E-state index < -0.39 is 22.0 Å². The normalized spacial score (nSPS) is 12.8. The first-order valence-electron chi connectivity index (χ1n) is 7.77. The van der Waals surface area contributed by atoms with Crippen LogP contribution < -0.4 is 5.32 Å². The Labute approximate surface area is 153 Å². The third kappa shape index (κ3) is 5.04. The van der Waals surface area contributed by atoms with Gasteiger partial charge in [0, 0.05) is 16.8 Å². The first kappa shape index (κ1) is 19.4. The van der Waals surface area contributed by atoms with Crippen LogP contribution in [0.4, 0.5) is 5.69 Å². The fraction of sp³-hybridized carbons (Fsp3) is 0.278. The van der Waals surface area contributed by atoms with E-state index in [4.69, 9.17) is 11.6 Å². The summed E-state index contributed by atoms with van der Waals surface area (Å²) in [6.07, 6.45) is 1.10. The number of carbonyl (C=O) groups excluding carboxylic acids is 1. The molecule has 7 heteroatoms. The Hall–Kier alpha value is -1.89. The quantitative estimate of drug-likeness (QED) is 0.832. The lowest BCUT2D eigenvalue weighted by Crippen LogP contribution is -2.39. The smallest absolute Gasteiger partial charge is 0.239 e. The summed E-state index contributed by atoms with van der Waals surface area (Å²) in [7, 11) is -3.57. The maximum Gasteiger partial charge on any atom is 0.239 e. The minimum absolute atomic E-state index is 0.277. The molecule has 0 aliphatic carbocycles. The van der Waals surface area contributed by atoms with E-state index in [0.717, 1.165) is 17.4 Å². The number of rotatable bonds is 6. The molecule has 1 atom stereocenters. The van der Waals surface area contributed by atoms with E-state index in [-0.39, 0.29) is 6.54 Å². The summed E-state index contributed by atoms with van der Waals surface area (Å²) in [5, 5.41) is 3.27. The molecule has 0 radical (unpaired) electrons. The van der Waals surface area contributed by atoms with Gasteiger partial charge >= 0.3 is 0 Å². The lowest BCUT2D eigenvalue weighted by molar-refractivity contribution is -0.116. The van der Waals surface area contributed by atoms with Crippen LogP contribution in [-0.2, 0) is 14.8 Å². The van der Waals surface area contributed by atoms with Crippen molar-refractivity contribution >= 4 is 33.2 Å². The zero-order valence-electron chi connectivity index (χ0n) is 14.4. The van der Waals surface area contributed by atoms with Crippen LogP contribution in [0.2, 0.25) is 5.02 Å². The van der Waals surface area contributed by atoms with E-state index in [1.54, 1.807) is 32.0 Å². The Bertz CT molecular complexity index is 854. The van der Waals surface area contributed by atoms with Gasteiger partial charge in [-0.25, -0.2) is 8.42 Å². The molecule has 0 saturated heterocycles. The van der Waals surface area contributed by atoms with E-state index in [9.17, 15) is 13.2 Å². The Morgan fingerprint density at radius 1 is 1.16 bits per heavy atom. The molecule has 2 aromatic carbocycles. The van der Waals surface area contributed by atoms with Crippen LogP contribution >= 0.6 is 11.6 Å². The molecule has 2 aromatic rings. The van der Waals surface area contributed by atoms with Gasteiger partial charge in [0.2, 0.25) is 15.9 Å². The molecule has 1 amide bonds. The van der Waals surface area contributed by atoms with E-state index in [2.05, 4.69) is 5.32 Å². The summed E-state index contributed by atoms with van der Waals surface area (Å²) in [6, 6.07) is 13.9. The average Bonchev–Trinajstić information content (AvgIpc) is 2.56. The zero-order valence-corrected chi connectivity index (χ0v) is 15.9. The highest BCUT2D eigenvalue weighted by Crippen LogP contribution is 2.25. The second kappa shape index (κ2) is 7.99. The standard InChI is InChI=1S/C18H21ClN2O3S/c1-13-16(19)10-7-11-17(13)20-18(22)12-21(25(3,23)24)14(2)15-8-5-4-6-9-15/h4-11,14H,12H2,1-3H3,(H,20,22). The molecule has 0 spiro atoms. The average molecular weight is 381 g/mol. The highest BCUT2D eigenvalue weighted by molar-refractivity contribution is 7.88. The van der Waals surface area contributed by atoms with Crippen LogP contribution in [0.25, 0.3) is 0 Å². The van der Waals surface area contributed by atoms with Crippen molar-refractivity contribution in [2.75, 3.05) is 18.1 Å². The van der Waals surface area contributed by atoms with Crippen molar-refractivity contribution in [2.24, 2.45) is 0 Å². The number of hydrogen-bond donors (Lipinski definition) is 1. The fourth-order valence-electron chi connectivity index (χ4n) is 2.51. The van der Waals surface area contributed by atoms with Crippen molar-refractivity contribution in [3.8, 4) is 0 Å². The van der Waals surface area contributed by atoms with Crippen LogP contribution in [0.5, 0.6) is 0 Å². The summed E-state index contributed by atoms with van der Waals surface area (Å²) in [6.45, 7) is 3.27. The van der Waals surface area contributed by atoms with Gasteiger partial charge in [0.25, 0.3) is 0 Å². The van der Waals surface area contributed by atoms with E-state index >= 15 is 0 Å². The minimum atomic E-state index is -3.57. The molecular weight excluding hydrogens is 360 g/mol. The van der Waals surface area contributed by atoms with Crippen LogP contribution in [-0.4, -0.2) is 31.4 Å². The predicted molar refractivity (Wildman–Crippen MR) is 101 cm³/mol. The molecule has 134 valence electrons. The van der Waals surface area contributed by atoms with E-state index in [0.29, 0.717) is 10.7 Å². The topological polar surface area (TPSA) is 66.5 Å². The SMILES string of the molecule is Cc1c(Cl)cccc1NC(=O)CN(C(C)c1ccccc1)S(C)(=O)=O. The van der Waals surface area contributed by atoms with Crippen LogP contribution in [0.3, 0.4) is 0 Å². The number of anilines is 1. The van der Waals surface area contributed by atoms with Crippen LogP contribution in [0.15, 0.2) is 48.5 Å². The maximum absolute atomic E-state index is 12.4. The molecule has 2 rings (SSSR count). The highest BCUT2D eigenvalue weighted by Gasteiger charge is 2.27. The van der Waals surface area contributed by atoms with Crippen molar-refractivity contribution in [1.29, 1.82) is 0 Å². The molecule has 0 bridgehead atoms. The summed E-state index contributed by atoms with van der Waals surface area (Å²) < 4.78 is 25.5. The van der Waals surface area contributed by atoms with Gasteiger partial charge < -0.3 is 5.32 Å². The molecule has 5 nitrogen and oxygen atoms in total. The summed E-state index contributed by atoms with van der Waals surface area (Å²) in [5.74, 6) is -0.418. The summed E-state index contributed by atoms with van der Waals surface area (Å²) in [5.41, 5.74) is 2.12. The van der Waals surface area contributed by atoms with Crippen LogP contribution in [0.1, 0.15) is 24.1 Å². The first-order valence-corrected chi connectivity index (χ1v) is 9.99. The van der Waals surface area contributed by atoms with Gasteiger partial charge in [-0.1, -0.05) is 48.0 Å². The monoisotopic (exact) mass is 380 g/mol. The maximum atomic E-state index is 12.4. The van der Waals surface area contributed by atoms with E-state index in [1.807, 2.05) is 30.3 Å². The Morgan fingerprint density at radius 2 is 1.80 bits per heavy atom. The number of halogens is 1. The number of sulfonamides is 1. The number of carbonyl (C=O) groups is 1. The third-order valence-corrected chi connectivity index (χ3v) is 5.69. The molecule has 0 heterocycles. The molecule has 0 saturated carbocycles. The van der Waals surface area contributed by atoms with Gasteiger partial charge in [0.1, 0.15) is 0 Å². The van der Waals surface area contributed by atoms with E-state index in [1.165, 1.54) is 4.31 Å². The van der Waals surface area contributed by atoms with Gasteiger partial charge in [0.15, 0.2) is 0 Å². The third-order valence-electron chi connectivity index (χ3n) is 3.98. The molecule has 0 fully saturated rings. The number of hydrogen-bond acceptors (Lipinski definition) is 3. The Kier molecular flexibility index (Phi) is 6.21. The lowest BCUT2D eigenvalue weighted by atomic mass is 10.1. The Morgan fingerprint density at radius 3 is 2.40 bits per heavy atom. The van der Waals surface area contributed by atoms with Crippen molar-refractivity contribution in [3.63, 3.8) is 0 Å². The van der Waals surface area contributed by atoms with Crippen molar-refractivity contribution in [3.05, 3.63) is 64.7 Å². The second-order valence-corrected chi connectivity index (χ2v) is 8.20. The predicted octanol–water partition coefficient (Wildman–Crippen LogP) is 3.61. The largest absolute Gasteiger partial charge is 0.325 e. The van der Waals surface area contributed by atoms with Gasteiger partial charge in [-0.15, -0.1) is 0 Å². The molecule has 1 unspecified atom stereocenters. The Balaban J connectivity index is 2.20. The van der Waals surface area contributed by atoms with Gasteiger partial charge in [-0.2, -0.15) is 4.31 Å². The first-order chi connectivity index (χ1) is 11.7. The molecule has 0 aliphatic heterocycles. The fourth-order valence-corrected chi connectivity index (χ4v) is 3.74. The summed E-state index contributed by atoms with van der Waals surface area (Å²) >= 11 is 6.05. The number of nitrogens with zero attached hydrogens (tertiary/aromatic N) is 1. The number of nitrogens with one attached hydrogen (secondary N) is 1. The zero-order chi connectivity index (χ0) is 18.6. The summed E-state index contributed by atoms with van der Waals surface area (Å²) in [4.78, 5) is 12.4. The van der Waals surface area contributed by atoms with Crippen LogP contribution in [0, 0.1) is 6.92 Å². The van der Waals surface area contributed by atoms with Crippen molar-refractivity contribution in [2.45, 2.75) is 19.9 Å². The molecule has 25 heavy (non-hydrogen) atoms. The molecule has 0 aliphatic rings. The van der Waals surface area contributed by atoms with Crippen molar-refractivity contribution < 1.29 is 13.2 Å². The second-order valence-electron chi connectivity index (χ2n) is 5.86. The van der Waals surface area contributed by atoms with Gasteiger partial charge in [-0.3, -0.25) is 4.79 Å². The molecule has 0 aromatic heterocycles. The minimum Gasteiger partial charge on any atom is -0.325 e. The molecular formula is C18H21ClN2O3S. The highest BCUT2D eigenvalue weighted by atomic mass is 35.5. The molecule has 1 N–H and O–H groups in total. The lowest BCUT2D eigenvalue weighted by Gasteiger charge is -2.26. The van der Waals surface area contributed by atoms with Gasteiger partial charge in [0.05, 0.1) is 12.8 Å².